The lowest BCUT2D eigenvalue weighted by Gasteiger charge is -2.31. The van der Waals surface area contributed by atoms with Gasteiger partial charge in [-0.25, -0.2) is 0 Å². The zero-order valence-corrected chi connectivity index (χ0v) is 9.18. The molecule has 14 heavy (non-hydrogen) atoms. The third-order valence-corrected chi connectivity index (χ3v) is 2.32. The van der Waals surface area contributed by atoms with Crippen LogP contribution in [-0.4, -0.2) is 50.3 Å². The summed E-state index contributed by atoms with van der Waals surface area (Å²) in [6.45, 7) is 9.68. The molecule has 0 amide bonds. The van der Waals surface area contributed by atoms with Gasteiger partial charge in [-0.05, 0) is 13.5 Å². The molecule has 0 aromatic carbocycles. The molecular formula is C11H20N2O. The Morgan fingerprint density at radius 3 is 3.14 bits per heavy atom. The molecule has 0 aliphatic carbocycles. The fourth-order valence-corrected chi connectivity index (χ4v) is 1.54. The van der Waals surface area contributed by atoms with E-state index in [0.717, 1.165) is 39.3 Å². The van der Waals surface area contributed by atoms with E-state index in [0.29, 0.717) is 6.10 Å². The minimum absolute atomic E-state index is 0.336. The van der Waals surface area contributed by atoms with Crippen LogP contribution in [0.4, 0.5) is 0 Å². The van der Waals surface area contributed by atoms with Crippen LogP contribution in [0.25, 0.3) is 0 Å². The van der Waals surface area contributed by atoms with E-state index in [2.05, 4.69) is 29.0 Å². The maximum absolute atomic E-state index is 5.64. The maximum atomic E-state index is 5.64. The van der Waals surface area contributed by atoms with Gasteiger partial charge in [0, 0.05) is 19.6 Å². The molecule has 0 aromatic rings. The normalized spacial score (nSPS) is 22.9. The van der Waals surface area contributed by atoms with Crippen molar-refractivity contribution in [2.75, 3.05) is 39.3 Å². The molecule has 1 aliphatic heterocycles. The van der Waals surface area contributed by atoms with Gasteiger partial charge in [-0.15, -0.1) is 5.92 Å². The second kappa shape index (κ2) is 6.83. The van der Waals surface area contributed by atoms with Gasteiger partial charge in [0.1, 0.15) is 0 Å². The average molecular weight is 196 g/mol. The lowest BCUT2D eigenvalue weighted by molar-refractivity contribution is -0.0222. The van der Waals surface area contributed by atoms with Crippen LogP contribution in [0, 0.1) is 11.8 Å². The number of nitrogens with one attached hydrogen (secondary N) is 1. The molecule has 1 heterocycles. The molecule has 3 heteroatoms. The van der Waals surface area contributed by atoms with Crippen LogP contribution in [0.2, 0.25) is 0 Å². The molecule has 0 saturated carbocycles. The monoisotopic (exact) mass is 196 g/mol. The van der Waals surface area contributed by atoms with Crippen molar-refractivity contribution in [2.45, 2.75) is 20.0 Å². The zero-order chi connectivity index (χ0) is 10.2. The molecule has 1 saturated heterocycles. The number of ether oxygens (including phenoxy) is 1. The molecule has 3 nitrogen and oxygen atoms in total. The third kappa shape index (κ3) is 4.10. The molecule has 1 fully saturated rings. The van der Waals surface area contributed by atoms with E-state index in [-0.39, 0.29) is 0 Å². The van der Waals surface area contributed by atoms with E-state index >= 15 is 0 Å². The Hall–Kier alpha value is -0.560. The van der Waals surface area contributed by atoms with Crippen molar-refractivity contribution < 1.29 is 4.74 Å². The van der Waals surface area contributed by atoms with E-state index in [1.807, 2.05) is 6.92 Å². The second-order valence-electron chi connectivity index (χ2n) is 3.46. The Balaban J connectivity index is 2.23. The standard InChI is InChI=1S/C11H20N2O/c1-3-5-6-13-7-8-14-11(10-13)9-12-4-2/h11-12H,4,6-10H2,1-2H3/t11-/m1/s1. The summed E-state index contributed by atoms with van der Waals surface area (Å²) in [5.41, 5.74) is 0. The van der Waals surface area contributed by atoms with Crippen LogP contribution >= 0.6 is 0 Å². The van der Waals surface area contributed by atoms with Gasteiger partial charge >= 0.3 is 0 Å². The molecule has 0 aromatic heterocycles. The fourth-order valence-electron chi connectivity index (χ4n) is 1.54. The number of morpholine rings is 1. The summed E-state index contributed by atoms with van der Waals surface area (Å²) in [6.07, 6.45) is 0.336. The summed E-state index contributed by atoms with van der Waals surface area (Å²) in [5.74, 6) is 6.02. The van der Waals surface area contributed by atoms with Gasteiger partial charge in [0.25, 0.3) is 0 Å². The van der Waals surface area contributed by atoms with Crippen LogP contribution < -0.4 is 5.32 Å². The number of nitrogens with zero attached hydrogens (tertiary/aromatic N) is 1. The van der Waals surface area contributed by atoms with E-state index < -0.39 is 0 Å². The second-order valence-corrected chi connectivity index (χ2v) is 3.46. The first-order valence-corrected chi connectivity index (χ1v) is 5.31. The van der Waals surface area contributed by atoms with Gasteiger partial charge in [-0.1, -0.05) is 12.8 Å². The summed E-state index contributed by atoms with van der Waals surface area (Å²) in [7, 11) is 0. The van der Waals surface area contributed by atoms with Gasteiger partial charge in [-0.2, -0.15) is 0 Å². The molecule has 0 spiro atoms. The zero-order valence-electron chi connectivity index (χ0n) is 9.18. The molecule has 0 radical (unpaired) electrons. The predicted molar refractivity (Wildman–Crippen MR) is 58.2 cm³/mol. The van der Waals surface area contributed by atoms with Gasteiger partial charge in [-0.3, -0.25) is 4.90 Å². The first-order valence-electron chi connectivity index (χ1n) is 5.31. The summed E-state index contributed by atoms with van der Waals surface area (Å²) >= 11 is 0. The topological polar surface area (TPSA) is 24.5 Å². The van der Waals surface area contributed by atoms with Crippen molar-refractivity contribution in [3.8, 4) is 11.8 Å². The van der Waals surface area contributed by atoms with Crippen molar-refractivity contribution >= 4 is 0 Å². The third-order valence-electron chi connectivity index (χ3n) is 2.32. The van der Waals surface area contributed by atoms with E-state index in [1.165, 1.54) is 0 Å². The van der Waals surface area contributed by atoms with Crippen molar-refractivity contribution in [3.63, 3.8) is 0 Å². The molecule has 1 aliphatic rings. The molecule has 0 unspecified atom stereocenters. The quantitative estimate of drug-likeness (QED) is 0.655. The highest BCUT2D eigenvalue weighted by atomic mass is 16.5. The SMILES string of the molecule is CC#CCN1CCO[C@H](CNCC)C1. The fraction of sp³-hybridized carbons (Fsp3) is 0.818. The number of rotatable bonds is 4. The highest BCUT2D eigenvalue weighted by Gasteiger charge is 2.18. The van der Waals surface area contributed by atoms with Crippen molar-refractivity contribution in [3.05, 3.63) is 0 Å². The van der Waals surface area contributed by atoms with E-state index in [1.54, 1.807) is 0 Å². The summed E-state index contributed by atoms with van der Waals surface area (Å²) in [5, 5.41) is 3.31. The van der Waals surface area contributed by atoms with E-state index in [4.69, 9.17) is 4.74 Å². The van der Waals surface area contributed by atoms with Gasteiger partial charge < -0.3 is 10.1 Å². The van der Waals surface area contributed by atoms with Crippen molar-refractivity contribution in [1.29, 1.82) is 0 Å². The molecule has 1 N–H and O–H groups in total. The number of hydrogen-bond donors (Lipinski definition) is 1. The van der Waals surface area contributed by atoms with Crippen molar-refractivity contribution in [1.82, 2.24) is 10.2 Å². The van der Waals surface area contributed by atoms with Gasteiger partial charge in [0.2, 0.25) is 0 Å². The van der Waals surface area contributed by atoms with Gasteiger partial charge in [0.15, 0.2) is 0 Å². The van der Waals surface area contributed by atoms with Crippen LogP contribution in [0.1, 0.15) is 13.8 Å². The Morgan fingerprint density at radius 1 is 1.57 bits per heavy atom. The molecular weight excluding hydrogens is 176 g/mol. The van der Waals surface area contributed by atoms with Crippen LogP contribution in [-0.2, 0) is 4.74 Å². The van der Waals surface area contributed by atoms with Crippen LogP contribution in [0.15, 0.2) is 0 Å². The largest absolute Gasteiger partial charge is 0.374 e. The first-order chi connectivity index (χ1) is 6.86. The van der Waals surface area contributed by atoms with Gasteiger partial charge in [0.05, 0.1) is 19.3 Å². The maximum Gasteiger partial charge on any atom is 0.0827 e. The summed E-state index contributed by atoms with van der Waals surface area (Å²) in [4.78, 5) is 2.35. The Labute approximate surface area is 86.8 Å². The smallest absolute Gasteiger partial charge is 0.0827 e. The lowest BCUT2D eigenvalue weighted by atomic mass is 10.2. The lowest BCUT2D eigenvalue weighted by Crippen LogP contribution is -2.46. The number of hydrogen-bond acceptors (Lipinski definition) is 3. The molecule has 80 valence electrons. The summed E-state index contributed by atoms with van der Waals surface area (Å²) < 4.78 is 5.64. The predicted octanol–water partition coefficient (Wildman–Crippen LogP) is 0.320. The molecule has 1 atom stereocenters. The minimum atomic E-state index is 0.336. The van der Waals surface area contributed by atoms with Crippen LogP contribution in [0.5, 0.6) is 0 Å². The van der Waals surface area contributed by atoms with Crippen LogP contribution in [0.3, 0.4) is 0 Å². The Kier molecular flexibility index (Phi) is 5.62. The molecule has 1 rings (SSSR count). The highest BCUT2D eigenvalue weighted by molar-refractivity contribution is 4.98. The average Bonchev–Trinajstić information content (AvgIpc) is 2.24. The number of likely N-dealkylation sites (N-methyl/N-ethyl adjacent to an activating group) is 1. The molecule has 0 bridgehead atoms. The first kappa shape index (κ1) is 11.5. The van der Waals surface area contributed by atoms with E-state index in [9.17, 15) is 0 Å². The summed E-state index contributed by atoms with van der Waals surface area (Å²) in [6, 6.07) is 0. The highest BCUT2D eigenvalue weighted by Crippen LogP contribution is 2.03. The Morgan fingerprint density at radius 2 is 2.43 bits per heavy atom. The minimum Gasteiger partial charge on any atom is -0.374 e. The Bertz CT molecular complexity index is 207. The van der Waals surface area contributed by atoms with Crippen molar-refractivity contribution in [2.24, 2.45) is 0 Å².